The number of rotatable bonds is 3. The molecule has 2 aromatic rings. The van der Waals surface area contributed by atoms with Crippen LogP contribution in [0.2, 0.25) is 0 Å². The van der Waals surface area contributed by atoms with Gasteiger partial charge in [-0.1, -0.05) is 17.8 Å². The van der Waals surface area contributed by atoms with Crippen molar-refractivity contribution in [2.75, 3.05) is 12.8 Å². The zero-order chi connectivity index (χ0) is 14.8. The minimum Gasteiger partial charge on any atom is -0.301 e. The number of fused-ring (bicyclic) bond motifs is 1. The van der Waals surface area contributed by atoms with Gasteiger partial charge in [0.15, 0.2) is 5.16 Å². The third-order valence-electron chi connectivity index (χ3n) is 3.51. The van der Waals surface area contributed by atoms with Crippen molar-refractivity contribution >= 4 is 11.8 Å². The second kappa shape index (κ2) is 5.95. The van der Waals surface area contributed by atoms with Crippen LogP contribution < -0.4 is 5.56 Å². The molecule has 0 radical (unpaired) electrons. The molecule has 110 valence electrons. The Bertz CT molecular complexity index is 701. The van der Waals surface area contributed by atoms with E-state index in [9.17, 15) is 9.18 Å². The lowest BCUT2D eigenvalue weighted by atomic mass is 10.1. The minimum absolute atomic E-state index is 0.0636. The highest BCUT2D eigenvalue weighted by atomic mass is 32.2. The van der Waals surface area contributed by atoms with Gasteiger partial charge in [0.1, 0.15) is 0 Å². The van der Waals surface area contributed by atoms with E-state index in [1.165, 1.54) is 24.0 Å². The van der Waals surface area contributed by atoms with Crippen molar-refractivity contribution < 1.29 is 4.39 Å². The fraction of sp³-hybridized carbons (Fsp3) is 0.357. The van der Waals surface area contributed by atoms with Crippen LogP contribution in [0.15, 0.2) is 28.3 Å². The molecule has 0 fully saturated rings. The number of hydrogen-bond donors (Lipinski definition) is 1. The zero-order valence-electron chi connectivity index (χ0n) is 11.6. The van der Waals surface area contributed by atoms with Crippen LogP contribution in [0.4, 0.5) is 4.39 Å². The summed E-state index contributed by atoms with van der Waals surface area (Å²) in [5, 5.41) is 0.662. The summed E-state index contributed by atoms with van der Waals surface area (Å²) in [6.45, 7) is 2.04. The monoisotopic (exact) mass is 306 g/mol. The number of thioether (sulfide) groups is 1. The fourth-order valence-corrected chi connectivity index (χ4v) is 2.84. The van der Waals surface area contributed by atoms with Crippen molar-refractivity contribution in [3.63, 3.8) is 0 Å². The predicted molar refractivity (Wildman–Crippen MR) is 78.7 cm³/mol. The number of halogens is 1. The van der Waals surface area contributed by atoms with E-state index in [4.69, 9.17) is 0 Å². The Balaban J connectivity index is 1.78. The Kier molecular flexibility index (Phi) is 4.03. The SMILES string of the molecule is CSc1nc2c(c(=O)[nH]1)CN(Cc1ccc(F)nc1)CC2. The van der Waals surface area contributed by atoms with Crippen LogP contribution in [-0.2, 0) is 19.5 Å². The summed E-state index contributed by atoms with van der Waals surface area (Å²) in [6.07, 6.45) is 4.17. The van der Waals surface area contributed by atoms with Crippen molar-refractivity contribution in [3.8, 4) is 0 Å². The molecule has 7 heteroatoms. The Morgan fingerprint density at radius 1 is 1.48 bits per heavy atom. The molecule has 3 heterocycles. The highest BCUT2D eigenvalue weighted by Gasteiger charge is 2.21. The first-order valence-corrected chi connectivity index (χ1v) is 7.87. The van der Waals surface area contributed by atoms with Gasteiger partial charge in [-0.3, -0.25) is 9.69 Å². The van der Waals surface area contributed by atoms with Gasteiger partial charge in [0, 0.05) is 32.3 Å². The summed E-state index contributed by atoms with van der Waals surface area (Å²) in [7, 11) is 0. The molecule has 3 rings (SSSR count). The van der Waals surface area contributed by atoms with E-state index in [0.717, 1.165) is 29.8 Å². The number of hydrogen-bond acceptors (Lipinski definition) is 5. The summed E-state index contributed by atoms with van der Waals surface area (Å²) < 4.78 is 12.8. The maximum absolute atomic E-state index is 12.8. The van der Waals surface area contributed by atoms with Crippen LogP contribution >= 0.6 is 11.8 Å². The molecule has 0 aliphatic carbocycles. The smallest absolute Gasteiger partial charge is 0.256 e. The normalized spacial score (nSPS) is 15.0. The van der Waals surface area contributed by atoms with Crippen LogP contribution in [0.25, 0.3) is 0 Å². The first kappa shape index (κ1) is 14.2. The van der Waals surface area contributed by atoms with Gasteiger partial charge in [0.2, 0.25) is 5.95 Å². The van der Waals surface area contributed by atoms with E-state index in [2.05, 4.69) is 19.9 Å². The average molecular weight is 306 g/mol. The van der Waals surface area contributed by atoms with Gasteiger partial charge < -0.3 is 4.98 Å². The molecule has 0 spiro atoms. The van der Waals surface area contributed by atoms with Crippen LogP contribution in [0.3, 0.4) is 0 Å². The Labute approximate surface area is 125 Å². The van der Waals surface area contributed by atoms with Gasteiger partial charge in [0.05, 0.1) is 11.3 Å². The molecular weight excluding hydrogens is 291 g/mol. The molecule has 2 aromatic heterocycles. The highest BCUT2D eigenvalue weighted by Crippen LogP contribution is 2.18. The lowest BCUT2D eigenvalue weighted by Crippen LogP contribution is -2.35. The molecule has 0 amide bonds. The molecule has 1 aliphatic rings. The van der Waals surface area contributed by atoms with E-state index < -0.39 is 5.95 Å². The standard InChI is InChI=1S/C14H15FN4OS/c1-21-14-17-11-4-5-19(8-10(11)13(20)18-14)7-9-2-3-12(15)16-6-9/h2-3,6H,4-5,7-8H2,1H3,(H,17,18,20). The third-order valence-corrected chi connectivity index (χ3v) is 4.09. The second-order valence-electron chi connectivity index (χ2n) is 4.95. The third kappa shape index (κ3) is 3.14. The number of nitrogens with zero attached hydrogens (tertiary/aromatic N) is 3. The topological polar surface area (TPSA) is 61.9 Å². The van der Waals surface area contributed by atoms with Gasteiger partial charge >= 0.3 is 0 Å². The van der Waals surface area contributed by atoms with E-state index in [1.54, 1.807) is 6.07 Å². The molecule has 0 bridgehead atoms. The molecule has 0 aromatic carbocycles. The van der Waals surface area contributed by atoms with Crippen LogP contribution in [0, 0.1) is 5.95 Å². The number of aromatic nitrogens is 3. The molecule has 0 atom stereocenters. The zero-order valence-corrected chi connectivity index (χ0v) is 12.4. The molecule has 5 nitrogen and oxygen atoms in total. The lowest BCUT2D eigenvalue weighted by molar-refractivity contribution is 0.240. The second-order valence-corrected chi connectivity index (χ2v) is 5.75. The van der Waals surface area contributed by atoms with E-state index >= 15 is 0 Å². The van der Waals surface area contributed by atoms with E-state index in [-0.39, 0.29) is 5.56 Å². The molecule has 1 aliphatic heterocycles. The Morgan fingerprint density at radius 3 is 3.05 bits per heavy atom. The molecule has 0 saturated heterocycles. The van der Waals surface area contributed by atoms with Crippen molar-refractivity contribution in [1.82, 2.24) is 19.9 Å². The van der Waals surface area contributed by atoms with Crippen molar-refractivity contribution in [3.05, 3.63) is 51.5 Å². The van der Waals surface area contributed by atoms with Crippen molar-refractivity contribution in [2.45, 2.75) is 24.7 Å². The van der Waals surface area contributed by atoms with E-state index in [0.29, 0.717) is 18.2 Å². The van der Waals surface area contributed by atoms with Gasteiger partial charge in [-0.25, -0.2) is 9.97 Å². The van der Waals surface area contributed by atoms with Crippen molar-refractivity contribution in [2.24, 2.45) is 0 Å². The molecule has 21 heavy (non-hydrogen) atoms. The number of pyridine rings is 1. The summed E-state index contributed by atoms with van der Waals surface area (Å²) in [5.74, 6) is -0.479. The molecule has 1 N–H and O–H groups in total. The highest BCUT2D eigenvalue weighted by molar-refractivity contribution is 7.98. The van der Waals surface area contributed by atoms with Crippen molar-refractivity contribution in [1.29, 1.82) is 0 Å². The molecule has 0 unspecified atom stereocenters. The maximum atomic E-state index is 12.8. The largest absolute Gasteiger partial charge is 0.301 e. The number of aromatic amines is 1. The average Bonchev–Trinajstić information content (AvgIpc) is 2.50. The Morgan fingerprint density at radius 2 is 2.33 bits per heavy atom. The van der Waals surface area contributed by atoms with Gasteiger partial charge in [0.25, 0.3) is 5.56 Å². The lowest BCUT2D eigenvalue weighted by Gasteiger charge is -2.27. The fourth-order valence-electron chi connectivity index (χ4n) is 2.45. The summed E-state index contributed by atoms with van der Waals surface area (Å²) in [4.78, 5) is 25.1. The Hall–Kier alpha value is -1.73. The van der Waals surface area contributed by atoms with Gasteiger partial charge in [-0.15, -0.1) is 0 Å². The maximum Gasteiger partial charge on any atom is 0.256 e. The van der Waals surface area contributed by atoms with Crippen LogP contribution in [0.5, 0.6) is 0 Å². The minimum atomic E-state index is -0.479. The first-order chi connectivity index (χ1) is 10.2. The van der Waals surface area contributed by atoms with E-state index in [1.807, 2.05) is 6.26 Å². The molecule has 0 saturated carbocycles. The summed E-state index contributed by atoms with van der Waals surface area (Å²) >= 11 is 1.44. The van der Waals surface area contributed by atoms with Crippen LogP contribution in [-0.4, -0.2) is 32.7 Å². The van der Waals surface area contributed by atoms with Gasteiger partial charge in [-0.2, -0.15) is 4.39 Å². The summed E-state index contributed by atoms with van der Waals surface area (Å²) in [6, 6.07) is 3.07. The quantitative estimate of drug-likeness (QED) is 0.530. The predicted octanol–water partition coefficient (Wildman–Crippen LogP) is 1.58. The van der Waals surface area contributed by atoms with Gasteiger partial charge in [-0.05, 0) is 17.9 Å². The number of nitrogens with one attached hydrogen (secondary N) is 1. The molecular formula is C14H15FN4OS. The number of H-pyrrole nitrogens is 1. The first-order valence-electron chi connectivity index (χ1n) is 6.64. The summed E-state index contributed by atoms with van der Waals surface area (Å²) in [5.41, 5.74) is 2.49. The van der Waals surface area contributed by atoms with Crippen LogP contribution in [0.1, 0.15) is 16.8 Å².